The largest absolute Gasteiger partial charge is 0.497 e. The summed E-state index contributed by atoms with van der Waals surface area (Å²) in [6, 6.07) is 32.6. The van der Waals surface area contributed by atoms with Crippen molar-refractivity contribution < 1.29 is 33.6 Å². The summed E-state index contributed by atoms with van der Waals surface area (Å²) in [5.74, 6) is 0.533. The lowest BCUT2D eigenvalue weighted by Crippen LogP contribution is -2.57. The van der Waals surface area contributed by atoms with Crippen molar-refractivity contribution >= 4 is 5.97 Å². The molecule has 6 rings (SSSR count). The predicted octanol–water partition coefficient (Wildman–Crippen LogP) is 4.35. The van der Waals surface area contributed by atoms with Crippen LogP contribution in [0, 0.1) is 6.92 Å². The van der Waals surface area contributed by atoms with Crippen LogP contribution in [0.5, 0.6) is 11.5 Å². The SMILES string of the molecule is COc1ccc(C(O[C@@H]2COC(n3cc(C)c(=O)[nH]c3=O)[C@H](OC(=O)c3ccccc3)[C@@H]2O)(c2ccccc2)c2ccc(OC)cc2)cc1. The zero-order valence-corrected chi connectivity index (χ0v) is 27.1. The van der Waals surface area contributed by atoms with E-state index in [0.717, 1.165) is 10.1 Å². The maximum absolute atomic E-state index is 13.4. The van der Waals surface area contributed by atoms with Gasteiger partial charge in [0.25, 0.3) is 5.56 Å². The van der Waals surface area contributed by atoms with Crippen LogP contribution in [-0.2, 0) is 19.8 Å². The Morgan fingerprint density at radius 2 is 1.35 bits per heavy atom. The molecule has 0 aliphatic carbocycles. The third-order valence-corrected chi connectivity index (χ3v) is 8.60. The van der Waals surface area contributed by atoms with Gasteiger partial charge in [-0.3, -0.25) is 14.3 Å². The Labute approximate surface area is 282 Å². The van der Waals surface area contributed by atoms with Crippen molar-refractivity contribution in [2.24, 2.45) is 0 Å². The number of H-pyrrole nitrogens is 1. The summed E-state index contributed by atoms with van der Waals surface area (Å²) in [6.07, 6.45) is -4.03. The first-order valence-corrected chi connectivity index (χ1v) is 15.7. The Morgan fingerprint density at radius 3 is 1.90 bits per heavy atom. The van der Waals surface area contributed by atoms with Crippen LogP contribution in [0.1, 0.15) is 38.8 Å². The molecule has 252 valence electrons. The van der Waals surface area contributed by atoms with Crippen LogP contribution in [0.4, 0.5) is 0 Å². The van der Waals surface area contributed by atoms with Gasteiger partial charge in [0, 0.05) is 11.8 Å². The molecular formula is C38H36N2O9. The third kappa shape index (κ3) is 6.64. The molecule has 1 aromatic heterocycles. The summed E-state index contributed by atoms with van der Waals surface area (Å²) >= 11 is 0. The standard InChI is InChI=1S/C38H36N2O9/c1-24-22-40(37(44)39-34(24)42)35-33(48-36(43)25-10-6-4-7-11-25)32(41)31(23-47-35)49-38(26-12-8-5-9-13-26,27-14-18-29(45-2)19-15-27)28-16-20-30(46-3)21-17-28/h4-22,31-33,35,41H,23H2,1-3H3,(H,39,42,44)/t31-,32-,33-,35?/m1/s1. The van der Waals surface area contributed by atoms with E-state index in [9.17, 15) is 19.5 Å². The van der Waals surface area contributed by atoms with Crippen molar-refractivity contribution in [3.05, 3.63) is 164 Å². The van der Waals surface area contributed by atoms with E-state index in [0.29, 0.717) is 22.6 Å². The Hall–Kier alpha value is -5.49. The van der Waals surface area contributed by atoms with E-state index in [-0.39, 0.29) is 17.7 Å². The van der Waals surface area contributed by atoms with Crippen LogP contribution in [-0.4, -0.2) is 59.8 Å². The lowest BCUT2D eigenvalue weighted by molar-refractivity contribution is -0.240. The molecule has 4 atom stereocenters. The highest BCUT2D eigenvalue weighted by Gasteiger charge is 2.49. The van der Waals surface area contributed by atoms with Gasteiger partial charge in [-0.15, -0.1) is 0 Å². The fraction of sp³-hybridized carbons (Fsp3) is 0.237. The summed E-state index contributed by atoms with van der Waals surface area (Å²) in [6.45, 7) is 1.32. The minimum atomic E-state index is -1.51. The number of carbonyl (C=O) groups is 1. The Balaban J connectivity index is 1.47. The van der Waals surface area contributed by atoms with Crippen LogP contribution in [0.15, 0.2) is 125 Å². The minimum Gasteiger partial charge on any atom is -0.497 e. The van der Waals surface area contributed by atoms with Crippen molar-refractivity contribution in [2.75, 3.05) is 20.8 Å². The number of aliphatic hydroxyl groups excluding tert-OH is 1. The first-order valence-electron chi connectivity index (χ1n) is 15.7. The number of benzene rings is 4. The van der Waals surface area contributed by atoms with Crippen molar-refractivity contribution in [2.45, 2.75) is 37.1 Å². The van der Waals surface area contributed by atoms with Crippen LogP contribution < -0.4 is 20.7 Å². The quantitative estimate of drug-likeness (QED) is 0.165. The number of hydrogen-bond donors (Lipinski definition) is 2. The van der Waals surface area contributed by atoms with Gasteiger partial charge in [-0.25, -0.2) is 9.59 Å². The van der Waals surface area contributed by atoms with Gasteiger partial charge >= 0.3 is 11.7 Å². The van der Waals surface area contributed by atoms with Gasteiger partial charge in [-0.2, -0.15) is 0 Å². The molecule has 11 heteroatoms. The first kappa shape index (κ1) is 33.4. The summed E-state index contributed by atoms with van der Waals surface area (Å²) in [4.78, 5) is 40.9. The monoisotopic (exact) mass is 664 g/mol. The highest BCUT2D eigenvalue weighted by molar-refractivity contribution is 5.89. The summed E-state index contributed by atoms with van der Waals surface area (Å²) in [5.41, 5.74) is -0.0612. The summed E-state index contributed by atoms with van der Waals surface area (Å²) in [5, 5.41) is 12.1. The number of hydrogen-bond acceptors (Lipinski definition) is 9. The molecule has 4 aromatic carbocycles. The lowest BCUT2D eigenvalue weighted by Gasteiger charge is -2.45. The molecule has 1 saturated heterocycles. The van der Waals surface area contributed by atoms with Gasteiger partial charge in [-0.1, -0.05) is 72.8 Å². The molecule has 1 aliphatic rings. The summed E-state index contributed by atoms with van der Waals surface area (Å²) in [7, 11) is 3.16. The van der Waals surface area contributed by atoms with Gasteiger partial charge in [0.15, 0.2) is 12.3 Å². The molecule has 2 N–H and O–H groups in total. The second kappa shape index (κ2) is 14.3. The molecule has 5 aromatic rings. The Bertz CT molecular complexity index is 1940. The number of esters is 1. The third-order valence-electron chi connectivity index (χ3n) is 8.60. The number of nitrogens with zero attached hydrogens (tertiary/aromatic N) is 1. The molecule has 0 bridgehead atoms. The van der Waals surface area contributed by atoms with E-state index < -0.39 is 47.4 Å². The van der Waals surface area contributed by atoms with Gasteiger partial charge in [-0.05, 0) is 60.0 Å². The summed E-state index contributed by atoms with van der Waals surface area (Å²) < 4.78 is 31.2. The number of aromatic amines is 1. The van der Waals surface area contributed by atoms with E-state index in [2.05, 4.69) is 4.98 Å². The van der Waals surface area contributed by atoms with E-state index in [1.165, 1.54) is 13.1 Å². The average molecular weight is 665 g/mol. The minimum absolute atomic E-state index is 0.212. The smallest absolute Gasteiger partial charge is 0.338 e. The fourth-order valence-electron chi connectivity index (χ4n) is 6.03. The molecule has 11 nitrogen and oxygen atoms in total. The number of nitrogens with one attached hydrogen (secondary N) is 1. The van der Waals surface area contributed by atoms with Gasteiger partial charge in [0.2, 0.25) is 0 Å². The van der Waals surface area contributed by atoms with Crippen LogP contribution in [0.3, 0.4) is 0 Å². The molecule has 0 spiro atoms. The van der Waals surface area contributed by atoms with Gasteiger partial charge < -0.3 is 28.8 Å². The second-order valence-electron chi connectivity index (χ2n) is 11.6. The maximum atomic E-state index is 13.4. The number of aryl methyl sites for hydroxylation is 1. The van der Waals surface area contributed by atoms with Crippen molar-refractivity contribution in [1.82, 2.24) is 9.55 Å². The fourth-order valence-corrected chi connectivity index (χ4v) is 6.03. The molecule has 0 amide bonds. The molecule has 1 fully saturated rings. The van der Waals surface area contributed by atoms with Crippen molar-refractivity contribution in [3.63, 3.8) is 0 Å². The van der Waals surface area contributed by atoms with Gasteiger partial charge in [0.1, 0.15) is 29.3 Å². The van der Waals surface area contributed by atoms with E-state index in [4.69, 9.17) is 23.7 Å². The highest BCUT2D eigenvalue weighted by Crippen LogP contribution is 2.44. The van der Waals surface area contributed by atoms with E-state index in [1.54, 1.807) is 44.6 Å². The van der Waals surface area contributed by atoms with E-state index >= 15 is 0 Å². The van der Waals surface area contributed by atoms with Crippen molar-refractivity contribution in [1.29, 1.82) is 0 Å². The average Bonchev–Trinajstić information content (AvgIpc) is 3.14. The Kier molecular flexibility index (Phi) is 9.77. The number of aromatic nitrogens is 2. The topological polar surface area (TPSA) is 138 Å². The number of carbonyl (C=O) groups excluding carboxylic acids is 1. The van der Waals surface area contributed by atoms with Crippen LogP contribution in [0.25, 0.3) is 0 Å². The highest BCUT2D eigenvalue weighted by atomic mass is 16.6. The number of ether oxygens (including phenoxy) is 5. The van der Waals surface area contributed by atoms with Crippen molar-refractivity contribution in [3.8, 4) is 11.5 Å². The molecule has 49 heavy (non-hydrogen) atoms. The molecule has 0 saturated carbocycles. The van der Waals surface area contributed by atoms with E-state index in [1.807, 2.05) is 78.9 Å². The second-order valence-corrected chi connectivity index (χ2v) is 11.6. The molecule has 1 unspecified atom stereocenters. The zero-order valence-electron chi connectivity index (χ0n) is 27.1. The zero-order chi connectivity index (χ0) is 34.5. The Morgan fingerprint density at radius 1 is 0.816 bits per heavy atom. The molecular weight excluding hydrogens is 628 g/mol. The molecule has 2 heterocycles. The first-order chi connectivity index (χ1) is 23.7. The number of rotatable bonds is 10. The normalized spacial score (nSPS) is 19.2. The van der Waals surface area contributed by atoms with Crippen LogP contribution in [0.2, 0.25) is 0 Å². The molecule has 1 aliphatic heterocycles. The predicted molar refractivity (Wildman–Crippen MR) is 180 cm³/mol. The van der Waals surface area contributed by atoms with Crippen LogP contribution >= 0.6 is 0 Å². The lowest BCUT2D eigenvalue weighted by atomic mass is 9.79. The number of methoxy groups -OCH3 is 2. The van der Waals surface area contributed by atoms with Gasteiger partial charge in [0.05, 0.1) is 26.4 Å². The molecule has 0 radical (unpaired) electrons. The maximum Gasteiger partial charge on any atom is 0.338 e. The number of aliphatic hydroxyl groups is 1.